The number of anilines is 1. The largest absolute Gasteiger partial charge is 0.441 e. The number of aryl methyl sites for hydroxylation is 2. The molecule has 0 radical (unpaired) electrons. The molecule has 0 atom stereocenters. The lowest BCUT2D eigenvalue weighted by atomic mass is 10.1. The number of benzene rings is 2. The summed E-state index contributed by atoms with van der Waals surface area (Å²) in [4.78, 5) is 34.7. The van der Waals surface area contributed by atoms with E-state index in [1.54, 1.807) is 43.0 Å². The van der Waals surface area contributed by atoms with E-state index in [9.17, 15) is 9.59 Å². The summed E-state index contributed by atoms with van der Waals surface area (Å²) in [6.45, 7) is 3.37. The fraction of sp³-hybridized carbons (Fsp3) is 0.208. The van der Waals surface area contributed by atoms with Gasteiger partial charge in [-0.2, -0.15) is 5.10 Å². The van der Waals surface area contributed by atoms with E-state index in [2.05, 4.69) is 15.1 Å². The van der Waals surface area contributed by atoms with Gasteiger partial charge in [-0.15, -0.1) is 0 Å². The number of carbonyl (C=O) groups is 2. The molecule has 2 N–H and O–H groups in total. The van der Waals surface area contributed by atoms with E-state index in [0.29, 0.717) is 39.3 Å². The fourth-order valence-electron chi connectivity index (χ4n) is 4.08. The Morgan fingerprint density at radius 3 is 2.65 bits per heavy atom. The highest BCUT2D eigenvalue weighted by Gasteiger charge is 2.24. The van der Waals surface area contributed by atoms with Crippen LogP contribution in [0.1, 0.15) is 28.7 Å². The van der Waals surface area contributed by atoms with E-state index < -0.39 is 0 Å². The van der Waals surface area contributed by atoms with Crippen molar-refractivity contribution < 1.29 is 14.0 Å². The number of fused-ring (bicyclic) bond motifs is 4. The lowest BCUT2D eigenvalue weighted by Crippen LogP contribution is -2.46. The van der Waals surface area contributed by atoms with Crippen molar-refractivity contribution in [1.82, 2.24) is 29.8 Å². The van der Waals surface area contributed by atoms with Crippen molar-refractivity contribution in [2.45, 2.75) is 20.4 Å². The molecule has 5 rings (SSSR count). The molecular weight excluding hydrogens is 434 g/mol. The lowest BCUT2D eigenvalue weighted by molar-refractivity contribution is -0.140. The summed E-state index contributed by atoms with van der Waals surface area (Å²) < 4.78 is 7.25. The zero-order valence-electron chi connectivity index (χ0n) is 19.2. The third-order valence-electron chi connectivity index (χ3n) is 5.90. The van der Waals surface area contributed by atoms with E-state index in [0.717, 1.165) is 16.5 Å². The zero-order valence-corrected chi connectivity index (χ0v) is 19.2. The maximum absolute atomic E-state index is 13.7. The minimum Gasteiger partial charge on any atom is -0.441 e. The Bertz CT molecular complexity index is 1600. The number of nitrogens with two attached hydrogens (primary N) is 1. The number of amides is 2. The molecule has 3 aromatic heterocycles. The van der Waals surface area contributed by atoms with Crippen LogP contribution in [-0.4, -0.2) is 48.6 Å². The van der Waals surface area contributed by atoms with Crippen molar-refractivity contribution in [3.63, 3.8) is 0 Å². The molecule has 0 spiro atoms. The van der Waals surface area contributed by atoms with Crippen LogP contribution >= 0.6 is 0 Å². The Morgan fingerprint density at radius 1 is 1.09 bits per heavy atom. The summed E-state index contributed by atoms with van der Waals surface area (Å²) in [6.07, 6.45) is 1.66. The van der Waals surface area contributed by atoms with Crippen LogP contribution in [0.5, 0.6) is 0 Å². The van der Waals surface area contributed by atoms with Crippen molar-refractivity contribution in [3.05, 3.63) is 59.6 Å². The molecular formula is C24H23N7O3. The number of oxazole rings is 1. The average Bonchev–Trinajstić information content (AvgIpc) is 3.38. The molecule has 0 aliphatic heterocycles. The van der Waals surface area contributed by atoms with Crippen molar-refractivity contribution in [2.24, 2.45) is 7.05 Å². The molecule has 0 aliphatic carbocycles. The first kappa shape index (κ1) is 21.4. The number of hydrogen-bond donors (Lipinski definition) is 1. The van der Waals surface area contributed by atoms with Crippen LogP contribution in [0.3, 0.4) is 0 Å². The van der Waals surface area contributed by atoms with Gasteiger partial charge in [0.1, 0.15) is 11.3 Å². The van der Waals surface area contributed by atoms with Gasteiger partial charge in [0.2, 0.25) is 5.91 Å². The van der Waals surface area contributed by atoms with Crippen LogP contribution in [0.2, 0.25) is 0 Å². The minimum absolute atomic E-state index is 0.176. The van der Waals surface area contributed by atoms with Gasteiger partial charge in [0.15, 0.2) is 11.5 Å². The zero-order chi connectivity index (χ0) is 24.1. The van der Waals surface area contributed by atoms with Crippen molar-refractivity contribution in [3.8, 4) is 0 Å². The number of nitrogens with zero attached hydrogens (tertiary/aromatic N) is 6. The topological polar surface area (TPSA) is 123 Å². The summed E-state index contributed by atoms with van der Waals surface area (Å²) >= 11 is 0. The van der Waals surface area contributed by atoms with Gasteiger partial charge in [-0.25, -0.2) is 15.0 Å². The molecule has 2 aromatic carbocycles. The van der Waals surface area contributed by atoms with E-state index >= 15 is 0 Å². The van der Waals surface area contributed by atoms with Gasteiger partial charge in [-0.05, 0) is 35.9 Å². The van der Waals surface area contributed by atoms with Crippen LogP contribution in [0, 0.1) is 6.92 Å². The third-order valence-corrected chi connectivity index (χ3v) is 5.90. The number of carbonyl (C=O) groups excluding carboxylic acids is 2. The Hall–Kier alpha value is -4.47. The molecule has 5 aromatic rings. The first-order valence-electron chi connectivity index (χ1n) is 10.7. The summed E-state index contributed by atoms with van der Waals surface area (Å²) in [5.74, 6) is 0.345. The van der Waals surface area contributed by atoms with Gasteiger partial charge < -0.3 is 10.2 Å². The first-order chi connectivity index (χ1) is 16.2. The predicted octanol–water partition coefficient (Wildman–Crippen LogP) is 3.19. The molecule has 0 aliphatic rings. The number of rotatable bonds is 3. The maximum atomic E-state index is 13.7. The molecule has 0 unspecified atom stereocenters. The molecule has 0 bridgehead atoms. The Kier molecular flexibility index (Phi) is 4.93. The SMILES string of the molecule is CC(=O)N(C)N(Cc1ccc2oc(C)nc2c1)C(=O)c1ccc2nc(N)c3cnn(C)c3c2c1. The molecule has 34 heavy (non-hydrogen) atoms. The highest BCUT2D eigenvalue weighted by atomic mass is 16.3. The molecule has 2 amide bonds. The standard InChI is InChI=1S/C24H23N7O3/c1-13-27-20-9-15(5-8-21(20)34-13)12-31(30(4)14(2)32)24(33)16-6-7-19-17(10-16)22-18(23(25)28-19)11-26-29(22)3/h5-11H,12H2,1-4H3,(H2,25,28). The number of hydrogen-bond acceptors (Lipinski definition) is 7. The molecule has 0 fully saturated rings. The normalized spacial score (nSPS) is 11.4. The van der Waals surface area contributed by atoms with Gasteiger partial charge in [0.25, 0.3) is 5.91 Å². The highest BCUT2D eigenvalue weighted by Crippen LogP contribution is 2.29. The van der Waals surface area contributed by atoms with Gasteiger partial charge in [0, 0.05) is 38.9 Å². The Labute approximate surface area is 194 Å². The number of aromatic nitrogens is 4. The number of hydrazine groups is 1. The monoisotopic (exact) mass is 457 g/mol. The second-order valence-corrected chi connectivity index (χ2v) is 8.20. The fourth-order valence-corrected chi connectivity index (χ4v) is 4.08. The van der Waals surface area contributed by atoms with Gasteiger partial charge >= 0.3 is 0 Å². The third kappa shape index (κ3) is 3.49. The quantitative estimate of drug-likeness (QED) is 0.413. The second-order valence-electron chi connectivity index (χ2n) is 8.20. The van der Waals surface area contributed by atoms with Crippen LogP contribution in [0.4, 0.5) is 5.82 Å². The van der Waals surface area contributed by atoms with Crippen molar-refractivity contribution >= 4 is 50.5 Å². The van der Waals surface area contributed by atoms with Crippen molar-refractivity contribution in [2.75, 3.05) is 12.8 Å². The smallest absolute Gasteiger partial charge is 0.272 e. The summed E-state index contributed by atoms with van der Waals surface area (Å²) in [6, 6.07) is 10.7. The summed E-state index contributed by atoms with van der Waals surface area (Å²) in [5.41, 5.74) is 10.1. The Morgan fingerprint density at radius 2 is 1.88 bits per heavy atom. The first-order valence-corrected chi connectivity index (χ1v) is 10.7. The number of nitrogen functional groups attached to an aromatic ring is 1. The van der Waals surface area contributed by atoms with Crippen molar-refractivity contribution in [1.29, 1.82) is 0 Å². The summed E-state index contributed by atoms with van der Waals surface area (Å²) in [7, 11) is 3.38. The maximum Gasteiger partial charge on any atom is 0.272 e. The summed E-state index contributed by atoms with van der Waals surface area (Å²) in [5, 5.41) is 8.47. The van der Waals surface area contributed by atoms with E-state index in [1.807, 2.05) is 25.2 Å². The van der Waals surface area contributed by atoms with Crippen LogP contribution in [0.25, 0.3) is 32.9 Å². The van der Waals surface area contributed by atoms with Gasteiger partial charge in [-0.3, -0.25) is 19.3 Å². The van der Waals surface area contributed by atoms with Crippen LogP contribution < -0.4 is 5.73 Å². The highest BCUT2D eigenvalue weighted by molar-refractivity contribution is 6.10. The predicted molar refractivity (Wildman–Crippen MR) is 127 cm³/mol. The minimum atomic E-state index is -0.330. The van der Waals surface area contributed by atoms with Crippen LogP contribution in [0.15, 0.2) is 47.0 Å². The average molecular weight is 457 g/mol. The van der Waals surface area contributed by atoms with E-state index in [-0.39, 0.29) is 18.4 Å². The lowest BCUT2D eigenvalue weighted by Gasteiger charge is -2.31. The molecule has 0 saturated carbocycles. The molecule has 10 nitrogen and oxygen atoms in total. The second kappa shape index (κ2) is 7.84. The van der Waals surface area contributed by atoms with E-state index in [1.165, 1.54) is 16.9 Å². The molecule has 3 heterocycles. The van der Waals surface area contributed by atoms with E-state index in [4.69, 9.17) is 10.2 Å². The van der Waals surface area contributed by atoms with Gasteiger partial charge in [-0.1, -0.05) is 6.07 Å². The molecule has 10 heteroatoms. The Balaban J connectivity index is 1.57. The van der Waals surface area contributed by atoms with Crippen LogP contribution in [-0.2, 0) is 18.4 Å². The molecule has 172 valence electrons. The molecule has 0 saturated heterocycles. The van der Waals surface area contributed by atoms with Gasteiger partial charge in [0.05, 0.1) is 29.2 Å². The number of pyridine rings is 1.